The van der Waals surface area contributed by atoms with Crippen molar-refractivity contribution >= 4 is 0 Å². The summed E-state index contributed by atoms with van der Waals surface area (Å²) in [6, 6.07) is 0. The first-order chi connectivity index (χ1) is 3.71. The zero-order valence-corrected chi connectivity index (χ0v) is 5.22. The van der Waals surface area contributed by atoms with Crippen LogP contribution in [0.2, 0.25) is 0 Å². The van der Waals surface area contributed by atoms with Crippen molar-refractivity contribution in [2.75, 3.05) is 0 Å². The molecule has 0 aliphatic carbocycles. The molecule has 0 bridgehead atoms. The molecule has 0 amide bonds. The SMILES string of the molecule is CC1(C)C=CC=CO1. The second-order valence-corrected chi connectivity index (χ2v) is 2.41. The fourth-order valence-electron chi connectivity index (χ4n) is 0.587. The van der Waals surface area contributed by atoms with Gasteiger partial charge in [0, 0.05) is 0 Å². The van der Waals surface area contributed by atoms with E-state index in [1.807, 2.05) is 32.1 Å². The fourth-order valence-corrected chi connectivity index (χ4v) is 0.587. The van der Waals surface area contributed by atoms with E-state index in [-0.39, 0.29) is 5.60 Å². The number of hydrogen-bond donors (Lipinski definition) is 0. The fraction of sp³-hybridized carbons (Fsp3) is 0.429. The molecular formula is C7H10O. The van der Waals surface area contributed by atoms with Crippen molar-refractivity contribution in [3.8, 4) is 0 Å². The minimum absolute atomic E-state index is 0.0885. The van der Waals surface area contributed by atoms with Crippen molar-refractivity contribution in [2.24, 2.45) is 0 Å². The van der Waals surface area contributed by atoms with Gasteiger partial charge in [0.25, 0.3) is 0 Å². The first-order valence-electron chi connectivity index (χ1n) is 2.73. The molecule has 8 heavy (non-hydrogen) atoms. The Morgan fingerprint density at radius 3 is 2.25 bits per heavy atom. The number of ether oxygens (including phenoxy) is 1. The van der Waals surface area contributed by atoms with E-state index >= 15 is 0 Å². The van der Waals surface area contributed by atoms with Gasteiger partial charge in [0.05, 0.1) is 6.26 Å². The molecule has 0 saturated carbocycles. The maximum atomic E-state index is 5.20. The molecule has 0 spiro atoms. The van der Waals surface area contributed by atoms with Gasteiger partial charge in [0.15, 0.2) is 0 Å². The Bertz CT molecular complexity index is 131. The van der Waals surface area contributed by atoms with E-state index in [0.29, 0.717) is 0 Å². The molecule has 1 heterocycles. The first kappa shape index (κ1) is 5.42. The molecule has 44 valence electrons. The topological polar surface area (TPSA) is 9.23 Å². The van der Waals surface area contributed by atoms with E-state index in [2.05, 4.69) is 0 Å². The van der Waals surface area contributed by atoms with Crippen LogP contribution in [0.5, 0.6) is 0 Å². The summed E-state index contributed by atoms with van der Waals surface area (Å²) in [7, 11) is 0. The highest BCUT2D eigenvalue weighted by atomic mass is 16.5. The van der Waals surface area contributed by atoms with Crippen molar-refractivity contribution in [3.63, 3.8) is 0 Å². The zero-order valence-electron chi connectivity index (χ0n) is 5.22. The van der Waals surface area contributed by atoms with Crippen LogP contribution in [0.1, 0.15) is 13.8 Å². The van der Waals surface area contributed by atoms with Gasteiger partial charge in [-0.15, -0.1) is 0 Å². The molecule has 0 N–H and O–H groups in total. The summed E-state index contributed by atoms with van der Waals surface area (Å²) < 4.78 is 5.20. The van der Waals surface area contributed by atoms with E-state index in [0.717, 1.165) is 0 Å². The van der Waals surface area contributed by atoms with Gasteiger partial charge < -0.3 is 4.74 Å². The molecule has 1 aliphatic heterocycles. The highest BCUT2D eigenvalue weighted by molar-refractivity contribution is 5.11. The van der Waals surface area contributed by atoms with Crippen molar-refractivity contribution in [3.05, 3.63) is 24.5 Å². The molecule has 0 radical (unpaired) electrons. The van der Waals surface area contributed by atoms with E-state index in [4.69, 9.17) is 4.74 Å². The summed E-state index contributed by atoms with van der Waals surface area (Å²) in [6.45, 7) is 4.04. The Morgan fingerprint density at radius 1 is 1.25 bits per heavy atom. The molecule has 0 aromatic rings. The Morgan fingerprint density at radius 2 is 2.00 bits per heavy atom. The normalized spacial score (nSPS) is 22.8. The third kappa shape index (κ3) is 1.12. The maximum Gasteiger partial charge on any atom is 0.121 e. The number of hydrogen-bond acceptors (Lipinski definition) is 1. The smallest absolute Gasteiger partial charge is 0.121 e. The quantitative estimate of drug-likeness (QED) is 0.462. The minimum Gasteiger partial charge on any atom is -0.491 e. The average molecular weight is 110 g/mol. The Labute approximate surface area is 49.7 Å². The third-order valence-electron chi connectivity index (χ3n) is 1.06. The second-order valence-electron chi connectivity index (χ2n) is 2.41. The van der Waals surface area contributed by atoms with Crippen molar-refractivity contribution in [1.82, 2.24) is 0 Å². The van der Waals surface area contributed by atoms with Gasteiger partial charge in [0.1, 0.15) is 5.60 Å². The molecule has 0 unspecified atom stereocenters. The van der Waals surface area contributed by atoms with E-state index < -0.39 is 0 Å². The summed E-state index contributed by atoms with van der Waals surface area (Å²) in [5.74, 6) is 0. The summed E-state index contributed by atoms with van der Waals surface area (Å²) in [4.78, 5) is 0. The zero-order chi connectivity index (χ0) is 6.04. The van der Waals surface area contributed by atoms with Crippen molar-refractivity contribution in [2.45, 2.75) is 19.4 Å². The van der Waals surface area contributed by atoms with Gasteiger partial charge >= 0.3 is 0 Å². The van der Waals surface area contributed by atoms with Crippen LogP contribution >= 0.6 is 0 Å². The van der Waals surface area contributed by atoms with Gasteiger partial charge in [0.2, 0.25) is 0 Å². The molecular weight excluding hydrogens is 100 g/mol. The van der Waals surface area contributed by atoms with E-state index in [1.165, 1.54) is 0 Å². The van der Waals surface area contributed by atoms with Gasteiger partial charge in [-0.2, -0.15) is 0 Å². The Balaban J connectivity index is 2.65. The van der Waals surface area contributed by atoms with Gasteiger partial charge in [-0.05, 0) is 26.0 Å². The van der Waals surface area contributed by atoms with E-state index in [1.54, 1.807) is 6.26 Å². The molecule has 0 aromatic carbocycles. The molecule has 0 atom stereocenters. The van der Waals surface area contributed by atoms with Crippen molar-refractivity contribution < 1.29 is 4.74 Å². The lowest BCUT2D eigenvalue weighted by molar-refractivity contribution is 0.102. The molecule has 1 heteroatoms. The Kier molecular flexibility index (Phi) is 1.12. The maximum absolute atomic E-state index is 5.20. The summed E-state index contributed by atoms with van der Waals surface area (Å²) in [5, 5.41) is 0. The van der Waals surface area contributed by atoms with Gasteiger partial charge in [-0.1, -0.05) is 6.08 Å². The average Bonchev–Trinajstić information content (AvgIpc) is 1.65. The third-order valence-corrected chi connectivity index (χ3v) is 1.06. The molecule has 1 nitrogen and oxygen atoms in total. The largest absolute Gasteiger partial charge is 0.491 e. The highest BCUT2D eigenvalue weighted by Gasteiger charge is 2.13. The van der Waals surface area contributed by atoms with Crippen LogP contribution < -0.4 is 0 Å². The standard InChI is InChI=1S/C7H10O/c1-7(2)5-3-4-6-8-7/h3-6H,1-2H3. The van der Waals surface area contributed by atoms with Gasteiger partial charge in [-0.3, -0.25) is 0 Å². The van der Waals surface area contributed by atoms with Crippen molar-refractivity contribution in [1.29, 1.82) is 0 Å². The predicted molar refractivity (Wildman–Crippen MR) is 33.4 cm³/mol. The molecule has 1 aliphatic rings. The van der Waals surface area contributed by atoms with Crippen LogP contribution in [0.3, 0.4) is 0 Å². The lowest BCUT2D eigenvalue weighted by Crippen LogP contribution is -2.19. The predicted octanol–water partition coefficient (Wildman–Crippen LogP) is 1.87. The van der Waals surface area contributed by atoms with E-state index in [9.17, 15) is 0 Å². The lowest BCUT2D eigenvalue weighted by atomic mass is 10.1. The number of rotatable bonds is 0. The molecule has 0 aromatic heterocycles. The summed E-state index contributed by atoms with van der Waals surface area (Å²) in [6.07, 6.45) is 7.60. The van der Waals surface area contributed by atoms with Crippen LogP contribution in [0.15, 0.2) is 24.5 Å². The van der Waals surface area contributed by atoms with Crippen LogP contribution in [-0.2, 0) is 4.74 Å². The highest BCUT2D eigenvalue weighted by Crippen LogP contribution is 2.14. The monoisotopic (exact) mass is 110 g/mol. The summed E-state index contributed by atoms with van der Waals surface area (Å²) >= 11 is 0. The number of allylic oxidation sites excluding steroid dienone is 2. The van der Waals surface area contributed by atoms with Crippen LogP contribution in [0, 0.1) is 0 Å². The summed E-state index contributed by atoms with van der Waals surface area (Å²) in [5.41, 5.74) is -0.0885. The van der Waals surface area contributed by atoms with Crippen LogP contribution in [0.4, 0.5) is 0 Å². The second kappa shape index (κ2) is 1.66. The molecule has 0 fully saturated rings. The van der Waals surface area contributed by atoms with Gasteiger partial charge in [-0.25, -0.2) is 0 Å². The van der Waals surface area contributed by atoms with Crippen LogP contribution in [-0.4, -0.2) is 5.60 Å². The molecule has 1 rings (SSSR count). The lowest BCUT2D eigenvalue weighted by Gasteiger charge is -2.21. The Hall–Kier alpha value is -0.720. The minimum atomic E-state index is -0.0885. The first-order valence-corrected chi connectivity index (χ1v) is 2.73. The van der Waals surface area contributed by atoms with Crippen LogP contribution in [0.25, 0.3) is 0 Å². The molecule has 0 saturated heterocycles.